The first kappa shape index (κ1) is 15.6. The van der Waals surface area contributed by atoms with Crippen LogP contribution in [-0.2, 0) is 19.1 Å². The minimum absolute atomic E-state index is 0.165. The maximum Gasteiger partial charge on any atom is 0.326 e. The summed E-state index contributed by atoms with van der Waals surface area (Å²) < 4.78 is 9.70. The number of carbonyl (C=O) groups excluding carboxylic acids is 1. The summed E-state index contributed by atoms with van der Waals surface area (Å²) in [4.78, 5) is 22.1. The standard InChI is InChI=1S/C11H19NO5/c1-3-4-5-9(11(14)15)12-10(13)8-17-7-6-16-2/h3,9H,1,4-8H2,2H3,(H,12,13)(H,14,15). The summed E-state index contributed by atoms with van der Waals surface area (Å²) in [6.07, 6.45) is 2.46. The Morgan fingerprint density at radius 1 is 1.47 bits per heavy atom. The average molecular weight is 245 g/mol. The molecule has 0 aliphatic rings. The van der Waals surface area contributed by atoms with Gasteiger partial charge in [-0.1, -0.05) is 6.08 Å². The molecule has 0 fully saturated rings. The molecule has 2 N–H and O–H groups in total. The lowest BCUT2D eigenvalue weighted by Crippen LogP contribution is -2.42. The molecular formula is C11H19NO5. The van der Waals surface area contributed by atoms with Crippen LogP contribution in [0.1, 0.15) is 12.8 Å². The van der Waals surface area contributed by atoms with Crippen molar-refractivity contribution in [3.63, 3.8) is 0 Å². The normalized spacial score (nSPS) is 11.8. The first-order chi connectivity index (χ1) is 8.11. The second-order valence-corrected chi connectivity index (χ2v) is 3.37. The Morgan fingerprint density at radius 2 is 2.18 bits per heavy atom. The fourth-order valence-electron chi connectivity index (χ4n) is 1.09. The van der Waals surface area contributed by atoms with E-state index in [0.717, 1.165) is 0 Å². The van der Waals surface area contributed by atoms with Gasteiger partial charge >= 0.3 is 5.97 Å². The zero-order valence-corrected chi connectivity index (χ0v) is 9.98. The number of ether oxygens (including phenoxy) is 2. The Morgan fingerprint density at radius 3 is 2.71 bits per heavy atom. The largest absolute Gasteiger partial charge is 0.480 e. The molecule has 0 aliphatic carbocycles. The van der Waals surface area contributed by atoms with Gasteiger partial charge in [-0.25, -0.2) is 4.79 Å². The second kappa shape index (κ2) is 9.80. The molecule has 1 unspecified atom stereocenters. The van der Waals surface area contributed by atoms with E-state index in [2.05, 4.69) is 11.9 Å². The molecule has 0 bridgehead atoms. The van der Waals surface area contributed by atoms with Gasteiger partial charge in [0.05, 0.1) is 13.2 Å². The van der Waals surface area contributed by atoms with Gasteiger partial charge in [-0.2, -0.15) is 0 Å². The first-order valence-electron chi connectivity index (χ1n) is 5.31. The van der Waals surface area contributed by atoms with Gasteiger partial charge in [-0.15, -0.1) is 6.58 Å². The lowest BCUT2D eigenvalue weighted by atomic mass is 10.1. The topological polar surface area (TPSA) is 84.9 Å². The molecular weight excluding hydrogens is 226 g/mol. The van der Waals surface area contributed by atoms with Crippen molar-refractivity contribution in [2.24, 2.45) is 0 Å². The van der Waals surface area contributed by atoms with Crippen LogP contribution in [0.5, 0.6) is 0 Å². The van der Waals surface area contributed by atoms with E-state index < -0.39 is 17.9 Å². The van der Waals surface area contributed by atoms with Crippen LogP contribution in [0.4, 0.5) is 0 Å². The quantitative estimate of drug-likeness (QED) is 0.424. The molecule has 6 nitrogen and oxygen atoms in total. The number of amides is 1. The average Bonchev–Trinajstić information content (AvgIpc) is 2.29. The van der Waals surface area contributed by atoms with Crippen molar-refractivity contribution in [3.8, 4) is 0 Å². The third kappa shape index (κ3) is 8.41. The van der Waals surface area contributed by atoms with Crippen LogP contribution in [0.3, 0.4) is 0 Å². The van der Waals surface area contributed by atoms with Crippen molar-refractivity contribution in [2.75, 3.05) is 26.9 Å². The van der Waals surface area contributed by atoms with E-state index in [9.17, 15) is 9.59 Å². The van der Waals surface area contributed by atoms with Gasteiger partial charge in [0.15, 0.2) is 0 Å². The highest BCUT2D eigenvalue weighted by atomic mass is 16.5. The van der Waals surface area contributed by atoms with Crippen molar-refractivity contribution >= 4 is 11.9 Å². The van der Waals surface area contributed by atoms with Crippen molar-refractivity contribution in [2.45, 2.75) is 18.9 Å². The molecule has 0 saturated carbocycles. The molecule has 1 amide bonds. The van der Waals surface area contributed by atoms with Crippen molar-refractivity contribution in [1.29, 1.82) is 0 Å². The third-order valence-electron chi connectivity index (χ3n) is 1.96. The van der Waals surface area contributed by atoms with Crippen LogP contribution < -0.4 is 5.32 Å². The van der Waals surface area contributed by atoms with Gasteiger partial charge < -0.3 is 19.9 Å². The zero-order valence-electron chi connectivity index (χ0n) is 9.98. The molecule has 0 aromatic rings. The molecule has 0 radical (unpaired) electrons. The number of carboxylic acids is 1. The lowest BCUT2D eigenvalue weighted by Gasteiger charge is -2.13. The van der Waals surface area contributed by atoms with Gasteiger partial charge in [-0.05, 0) is 12.8 Å². The number of carboxylic acid groups (broad SMARTS) is 1. The number of rotatable bonds is 10. The molecule has 6 heteroatoms. The van der Waals surface area contributed by atoms with E-state index in [-0.39, 0.29) is 6.61 Å². The fourth-order valence-corrected chi connectivity index (χ4v) is 1.09. The number of methoxy groups -OCH3 is 1. The molecule has 0 aromatic carbocycles. The van der Waals surface area contributed by atoms with Crippen LogP contribution in [0, 0.1) is 0 Å². The number of allylic oxidation sites excluding steroid dienone is 1. The summed E-state index contributed by atoms with van der Waals surface area (Å²) in [5.41, 5.74) is 0. The van der Waals surface area contributed by atoms with Gasteiger partial charge in [0.1, 0.15) is 12.6 Å². The van der Waals surface area contributed by atoms with Gasteiger partial charge in [0, 0.05) is 7.11 Å². The highest BCUT2D eigenvalue weighted by molar-refractivity contribution is 5.84. The van der Waals surface area contributed by atoms with Crippen LogP contribution in [0.25, 0.3) is 0 Å². The second-order valence-electron chi connectivity index (χ2n) is 3.37. The summed E-state index contributed by atoms with van der Waals surface area (Å²) in [7, 11) is 1.53. The lowest BCUT2D eigenvalue weighted by molar-refractivity contribution is -0.142. The minimum atomic E-state index is -1.06. The smallest absolute Gasteiger partial charge is 0.326 e. The predicted molar refractivity (Wildman–Crippen MR) is 61.7 cm³/mol. The number of hydrogen-bond donors (Lipinski definition) is 2. The molecule has 0 rings (SSSR count). The van der Waals surface area contributed by atoms with E-state index in [1.165, 1.54) is 7.11 Å². The molecule has 0 aliphatic heterocycles. The SMILES string of the molecule is C=CCCC(NC(=O)COCCOC)C(=O)O. The number of hydrogen-bond acceptors (Lipinski definition) is 4. The van der Waals surface area contributed by atoms with Crippen molar-refractivity contribution < 1.29 is 24.2 Å². The fraction of sp³-hybridized carbons (Fsp3) is 0.636. The Labute approximate surface area is 101 Å². The van der Waals surface area contributed by atoms with E-state index in [0.29, 0.717) is 26.1 Å². The van der Waals surface area contributed by atoms with Gasteiger partial charge in [-0.3, -0.25) is 4.79 Å². The highest BCUT2D eigenvalue weighted by Crippen LogP contribution is 1.98. The highest BCUT2D eigenvalue weighted by Gasteiger charge is 2.18. The minimum Gasteiger partial charge on any atom is -0.480 e. The van der Waals surface area contributed by atoms with Crippen LogP contribution in [0.15, 0.2) is 12.7 Å². The Hall–Kier alpha value is -1.40. The molecule has 1 atom stereocenters. The first-order valence-corrected chi connectivity index (χ1v) is 5.31. The molecule has 0 saturated heterocycles. The van der Waals surface area contributed by atoms with E-state index in [4.69, 9.17) is 14.6 Å². The van der Waals surface area contributed by atoms with Gasteiger partial charge in [0.25, 0.3) is 0 Å². The molecule has 17 heavy (non-hydrogen) atoms. The van der Waals surface area contributed by atoms with E-state index in [1.54, 1.807) is 6.08 Å². The maximum atomic E-state index is 11.3. The monoisotopic (exact) mass is 245 g/mol. The zero-order chi connectivity index (χ0) is 13.1. The summed E-state index contributed by atoms with van der Waals surface area (Å²) in [5.74, 6) is -1.50. The summed E-state index contributed by atoms with van der Waals surface area (Å²) in [6, 6.07) is -0.897. The Balaban J connectivity index is 3.86. The Bertz CT molecular complexity index is 254. The third-order valence-corrected chi connectivity index (χ3v) is 1.96. The molecule has 0 aromatic heterocycles. The van der Waals surface area contributed by atoms with E-state index in [1.807, 2.05) is 0 Å². The summed E-state index contributed by atoms with van der Waals surface area (Å²) >= 11 is 0. The summed E-state index contributed by atoms with van der Waals surface area (Å²) in [6.45, 7) is 4.03. The number of aliphatic carboxylic acids is 1. The van der Waals surface area contributed by atoms with E-state index >= 15 is 0 Å². The molecule has 0 spiro atoms. The van der Waals surface area contributed by atoms with Crippen molar-refractivity contribution in [1.82, 2.24) is 5.32 Å². The van der Waals surface area contributed by atoms with Crippen molar-refractivity contribution in [3.05, 3.63) is 12.7 Å². The number of carbonyl (C=O) groups is 2. The number of nitrogens with one attached hydrogen (secondary N) is 1. The van der Waals surface area contributed by atoms with Crippen LogP contribution >= 0.6 is 0 Å². The molecule has 0 heterocycles. The Kier molecular flexibility index (Phi) is 8.99. The molecule has 98 valence electrons. The van der Waals surface area contributed by atoms with Gasteiger partial charge in [0.2, 0.25) is 5.91 Å². The van der Waals surface area contributed by atoms with Crippen LogP contribution in [-0.4, -0.2) is 50.0 Å². The predicted octanol–water partition coefficient (Wildman–Crippen LogP) is 0.185. The summed E-state index contributed by atoms with van der Waals surface area (Å²) in [5, 5.41) is 11.2. The maximum absolute atomic E-state index is 11.3. The van der Waals surface area contributed by atoms with Crippen LogP contribution in [0.2, 0.25) is 0 Å².